The normalized spacial score (nSPS) is 36.5. The predicted octanol–water partition coefficient (Wildman–Crippen LogP) is 5.02. The number of amides is 1. The molecule has 3 heterocycles. The van der Waals surface area contributed by atoms with E-state index < -0.39 is 9.71 Å². The fourth-order valence-electron chi connectivity index (χ4n) is 7.91. The first kappa shape index (κ1) is 28.5. The van der Waals surface area contributed by atoms with Crippen LogP contribution in [0.5, 0.6) is 5.75 Å². The molecule has 226 valence electrons. The predicted molar refractivity (Wildman–Crippen MR) is 167 cm³/mol. The summed E-state index contributed by atoms with van der Waals surface area (Å²) >= 11 is 6.42. The molecule has 2 aliphatic carbocycles. The Balaban J connectivity index is 1.28. The van der Waals surface area contributed by atoms with Gasteiger partial charge in [0.25, 0.3) is 5.91 Å². The van der Waals surface area contributed by atoms with Gasteiger partial charge in [-0.15, -0.1) is 0 Å². The lowest BCUT2D eigenvalue weighted by Gasteiger charge is -2.48. The van der Waals surface area contributed by atoms with Crippen LogP contribution in [0.3, 0.4) is 0 Å². The quantitative estimate of drug-likeness (QED) is 0.421. The number of fused-ring (bicyclic) bond motifs is 7. The van der Waals surface area contributed by atoms with Crippen molar-refractivity contribution in [3.05, 3.63) is 58.1 Å². The summed E-state index contributed by atoms with van der Waals surface area (Å²) in [7, 11) is -2.87. The van der Waals surface area contributed by atoms with Gasteiger partial charge in [0.15, 0.2) is 0 Å². The van der Waals surface area contributed by atoms with E-state index in [9.17, 15) is 9.00 Å². The first-order valence-electron chi connectivity index (χ1n) is 15.4. The van der Waals surface area contributed by atoms with E-state index in [0.717, 1.165) is 68.1 Å². The number of rotatable bonds is 0. The SMILES string of the molecule is C=S1(=O)CCO[C@H]2C[C@H](OC[C@H]2C)[C@@H]2CC[C@H]2CN2C[C@@]3(CCCc4cc(Cl)ccc43)COc3ccc(cc32)C(=O)N1. The molecule has 3 aliphatic heterocycles. The molecule has 1 N–H and O–H groups in total. The minimum Gasteiger partial charge on any atom is -0.490 e. The first-order valence-corrected chi connectivity index (χ1v) is 17.7. The Morgan fingerprint density at radius 2 is 2.02 bits per heavy atom. The maximum absolute atomic E-state index is 13.4. The zero-order chi connectivity index (χ0) is 29.1. The van der Waals surface area contributed by atoms with Crippen LogP contribution in [0.2, 0.25) is 5.02 Å². The van der Waals surface area contributed by atoms with Crippen molar-refractivity contribution in [2.75, 3.05) is 43.6 Å². The number of carbonyl (C=O) groups excluding carboxylic acids is 1. The Morgan fingerprint density at radius 1 is 1.14 bits per heavy atom. The molecule has 1 saturated carbocycles. The zero-order valence-corrected chi connectivity index (χ0v) is 25.9. The number of aryl methyl sites for hydroxylation is 1. The van der Waals surface area contributed by atoms with Crippen molar-refractivity contribution >= 4 is 38.8 Å². The van der Waals surface area contributed by atoms with Crippen LogP contribution in [0, 0.1) is 17.8 Å². The van der Waals surface area contributed by atoms with E-state index >= 15 is 0 Å². The smallest absolute Gasteiger partial charge is 0.262 e. The van der Waals surface area contributed by atoms with Crippen LogP contribution in [0.25, 0.3) is 0 Å². The number of ether oxygens (including phenoxy) is 3. The number of anilines is 1. The molecule has 5 aliphatic rings. The van der Waals surface area contributed by atoms with Gasteiger partial charge >= 0.3 is 0 Å². The summed E-state index contributed by atoms with van der Waals surface area (Å²) in [6, 6.07) is 11.9. The molecule has 2 aromatic carbocycles. The van der Waals surface area contributed by atoms with E-state index in [1.165, 1.54) is 11.1 Å². The Bertz CT molecular complexity index is 1480. The van der Waals surface area contributed by atoms with Gasteiger partial charge in [0, 0.05) is 51.1 Å². The molecular formula is C33H41ClN2O5S. The summed E-state index contributed by atoms with van der Waals surface area (Å²) in [6.07, 6.45) is 6.47. The maximum Gasteiger partial charge on any atom is 0.262 e. The van der Waals surface area contributed by atoms with E-state index in [-0.39, 0.29) is 35.2 Å². The van der Waals surface area contributed by atoms with Gasteiger partial charge in [-0.2, -0.15) is 0 Å². The third kappa shape index (κ3) is 5.33. The molecule has 0 radical (unpaired) electrons. The molecule has 2 fully saturated rings. The highest BCUT2D eigenvalue weighted by Crippen LogP contribution is 2.47. The van der Waals surface area contributed by atoms with Gasteiger partial charge in [0.2, 0.25) is 0 Å². The van der Waals surface area contributed by atoms with Crippen molar-refractivity contribution in [3.63, 3.8) is 0 Å². The summed E-state index contributed by atoms with van der Waals surface area (Å²) in [4.78, 5) is 15.8. The van der Waals surface area contributed by atoms with Crippen LogP contribution < -0.4 is 14.4 Å². The lowest BCUT2D eigenvalue weighted by atomic mass is 9.67. The fourth-order valence-corrected chi connectivity index (χ4v) is 9.02. The third-order valence-electron chi connectivity index (χ3n) is 10.4. The molecule has 1 spiro atoms. The van der Waals surface area contributed by atoms with Gasteiger partial charge in [-0.1, -0.05) is 24.6 Å². The summed E-state index contributed by atoms with van der Waals surface area (Å²) < 4.78 is 35.3. The standard InChI is InChI=1S/C33H41ClN2O5S/c1-21-18-40-31-16-30(21)39-12-13-42(2,38)35-32(37)23-6-10-29-28(15-23)36(17-24-5-8-26(24)31)19-33(20-41-29)11-3-4-22-14-25(34)7-9-27(22)33/h6-7,9-10,14-15,21,24,26,30-31H,2-5,8,11-13,16-20H2,1H3,(H,35,37,38)/t21-,24+,26-,30+,31+,33+,42?/m1/s1. The number of nitrogens with one attached hydrogen (secondary N) is 1. The number of benzene rings is 2. The van der Waals surface area contributed by atoms with E-state index in [1.54, 1.807) is 6.07 Å². The van der Waals surface area contributed by atoms with Crippen LogP contribution in [0.4, 0.5) is 5.69 Å². The van der Waals surface area contributed by atoms with Crippen molar-refractivity contribution in [2.45, 2.75) is 63.1 Å². The second kappa shape index (κ2) is 11.0. The molecule has 4 bridgehead atoms. The summed E-state index contributed by atoms with van der Waals surface area (Å²) in [5, 5.41) is 0.771. The Kier molecular flexibility index (Phi) is 7.48. The lowest BCUT2D eigenvalue weighted by Crippen LogP contribution is -2.51. The Labute approximate surface area is 254 Å². The van der Waals surface area contributed by atoms with Crippen molar-refractivity contribution < 1.29 is 23.2 Å². The highest BCUT2D eigenvalue weighted by Gasteiger charge is 2.46. The van der Waals surface area contributed by atoms with Crippen molar-refractivity contribution in [2.24, 2.45) is 17.8 Å². The molecule has 42 heavy (non-hydrogen) atoms. The monoisotopic (exact) mass is 612 g/mol. The Hall–Kier alpha value is -2.26. The van der Waals surface area contributed by atoms with E-state index in [2.05, 4.69) is 34.5 Å². The molecule has 2 aromatic rings. The molecule has 1 amide bonds. The molecule has 1 saturated heterocycles. The van der Waals surface area contributed by atoms with Crippen LogP contribution in [-0.2, 0) is 31.0 Å². The molecular weight excluding hydrogens is 572 g/mol. The second-order valence-corrected chi connectivity index (χ2v) is 15.9. The molecule has 0 aromatic heterocycles. The maximum atomic E-state index is 13.4. The molecule has 7 rings (SSSR count). The number of hydrogen-bond donors (Lipinski definition) is 1. The van der Waals surface area contributed by atoms with Crippen molar-refractivity contribution in [1.29, 1.82) is 0 Å². The molecule has 9 heteroatoms. The minimum atomic E-state index is -2.87. The van der Waals surface area contributed by atoms with Crippen molar-refractivity contribution in [3.8, 4) is 5.75 Å². The van der Waals surface area contributed by atoms with Gasteiger partial charge in [-0.05, 0) is 91.3 Å². The van der Waals surface area contributed by atoms with Crippen molar-refractivity contribution in [1.82, 2.24) is 4.72 Å². The van der Waals surface area contributed by atoms with Gasteiger partial charge in [-0.25, -0.2) is 4.21 Å². The first-order chi connectivity index (χ1) is 20.2. The second-order valence-electron chi connectivity index (χ2n) is 13.2. The molecule has 7 nitrogen and oxygen atoms in total. The van der Waals surface area contributed by atoms with E-state index in [4.69, 9.17) is 25.8 Å². The average Bonchev–Trinajstić information content (AvgIpc) is 3.09. The van der Waals surface area contributed by atoms with Gasteiger partial charge in [0.1, 0.15) is 5.75 Å². The number of carbonyl (C=O) groups is 1. The highest BCUT2D eigenvalue weighted by atomic mass is 35.5. The average molecular weight is 613 g/mol. The van der Waals surface area contributed by atoms with Crippen LogP contribution in [-0.4, -0.2) is 66.9 Å². The topological polar surface area (TPSA) is 77.1 Å². The zero-order valence-electron chi connectivity index (χ0n) is 24.3. The summed E-state index contributed by atoms with van der Waals surface area (Å²) in [5.74, 6) is 5.63. The van der Waals surface area contributed by atoms with Crippen LogP contribution in [0.1, 0.15) is 60.5 Å². The van der Waals surface area contributed by atoms with Gasteiger partial charge in [0.05, 0.1) is 43.5 Å². The number of nitrogens with zero attached hydrogens (tertiary/aromatic N) is 1. The number of halogens is 1. The number of hydrogen-bond acceptors (Lipinski definition) is 6. The van der Waals surface area contributed by atoms with Gasteiger partial charge in [-0.3, -0.25) is 9.52 Å². The lowest BCUT2D eigenvalue weighted by molar-refractivity contribution is -0.139. The molecule has 7 atom stereocenters. The Morgan fingerprint density at radius 3 is 2.86 bits per heavy atom. The fraction of sp³-hybridized carbons (Fsp3) is 0.576. The minimum absolute atomic E-state index is 0.0450. The third-order valence-corrected chi connectivity index (χ3v) is 12.0. The molecule has 1 unspecified atom stereocenters. The van der Waals surface area contributed by atoms with Gasteiger partial charge < -0.3 is 19.1 Å². The largest absolute Gasteiger partial charge is 0.490 e. The highest BCUT2D eigenvalue weighted by molar-refractivity contribution is 7.99. The summed E-state index contributed by atoms with van der Waals surface area (Å²) in [5.41, 5.74) is 3.82. The summed E-state index contributed by atoms with van der Waals surface area (Å²) in [6.45, 7) is 5.34. The van der Waals surface area contributed by atoms with E-state index in [1.807, 2.05) is 18.2 Å². The van der Waals surface area contributed by atoms with E-state index in [0.29, 0.717) is 37.2 Å². The van der Waals surface area contributed by atoms with Crippen LogP contribution >= 0.6 is 11.6 Å². The van der Waals surface area contributed by atoms with Crippen LogP contribution in [0.15, 0.2) is 36.4 Å².